The normalized spacial score (nSPS) is 17.4. The third kappa shape index (κ3) is 2.18. The molecule has 2 aromatic heterocycles. The molecule has 0 saturated carbocycles. The molecule has 0 spiro atoms. The summed E-state index contributed by atoms with van der Waals surface area (Å²) < 4.78 is 5.28. The van der Waals surface area contributed by atoms with Gasteiger partial charge in [-0.05, 0) is 24.6 Å². The zero-order valence-electron chi connectivity index (χ0n) is 11.4. The van der Waals surface area contributed by atoms with E-state index in [9.17, 15) is 14.7 Å². The summed E-state index contributed by atoms with van der Waals surface area (Å²) in [5.41, 5.74) is 1.75. The summed E-state index contributed by atoms with van der Waals surface area (Å²) in [6.45, 7) is 2.10. The number of fused-ring (bicyclic) bond motifs is 1. The molecule has 0 aliphatic carbocycles. The number of aliphatic carboxylic acids is 1. The molecule has 0 aromatic carbocycles. The van der Waals surface area contributed by atoms with E-state index in [2.05, 4.69) is 4.98 Å². The largest absolute Gasteiger partial charge is 0.479 e. The number of furan rings is 1. The quantitative estimate of drug-likeness (QED) is 0.910. The number of carboxylic acid groups (broad SMARTS) is 1. The van der Waals surface area contributed by atoms with Crippen LogP contribution in [0.4, 0.5) is 0 Å². The minimum Gasteiger partial charge on any atom is -0.479 e. The van der Waals surface area contributed by atoms with Crippen LogP contribution in [-0.4, -0.2) is 33.4 Å². The van der Waals surface area contributed by atoms with Crippen LogP contribution in [0.15, 0.2) is 35.2 Å². The molecule has 0 radical (unpaired) electrons. The fourth-order valence-electron chi connectivity index (χ4n) is 2.67. The molecule has 1 atom stereocenters. The van der Waals surface area contributed by atoms with Crippen LogP contribution in [0.3, 0.4) is 0 Å². The Morgan fingerprint density at radius 2 is 2.24 bits per heavy atom. The number of carbonyl (C=O) groups excluding carboxylic acids is 1. The third-order valence-corrected chi connectivity index (χ3v) is 3.71. The molecular weight excluding hydrogens is 272 g/mol. The predicted molar refractivity (Wildman–Crippen MR) is 72.8 cm³/mol. The van der Waals surface area contributed by atoms with Crippen molar-refractivity contribution in [1.29, 1.82) is 0 Å². The van der Waals surface area contributed by atoms with Crippen molar-refractivity contribution >= 4 is 11.9 Å². The standard InChI is InChI=1S/C15H14N2O4/c1-9-8-16-5-2-10(9)14(18)17-6-3-12-11(4-7-21-12)13(17)15(19)20/h2,4-5,7-8,13H,3,6H2,1H3,(H,19,20). The molecule has 0 fully saturated rings. The number of aryl methyl sites for hydroxylation is 1. The zero-order chi connectivity index (χ0) is 15.0. The molecule has 1 aliphatic rings. The summed E-state index contributed by atoms with van der Waals surface area (Å²) in [7, 11) is 0. The SMILES string of the molecule is Cc1cnccc1C(=O)N1CCc2occc2C1C(=O)O. The van der Waals surface area contributed by atoms with Gasteiger partial charge in [-0.15, -0.1) is 0 Å². The minimum atomic E-state index is -1.06. The molecule has 6 heteroatoms. The first kappa shape index (κ1) is 13.4. The molecule has 0 bridgehead atoms. The lowest BCUT2D eigenvalue weighted by molar-refractivity contribution is -0.143. The Morgan fingerprint density at radius 3 is 2.95 bits per heavy atom. The topological polar surface area (TPSA) is 83.6 Å². The molecule has 1 unspecified atom stereocenters. The van der Waals surface area contributed by atoms with Gasteiger partial charge in [0.15, 0.2) is 6.04 Å². The number of amides is 1. The Morgan fingerprint density at radius 1 is 1.43 bits per heavy atom. The van der Waals surface area contributed by atoms with Crippen LogP contribution >= 0.6 is 0 Å². The monoisotopic (exact) mass is 286 g/mol. The number of aromatic nitrogens is 1. The zero-order valence-corrected chi connectivity index (χ0v) is 11.4. The molecule has 21 heavy (non-hydrogen) atoms. The Kier molecular flexibility index (Phi) is 3.21. The van der Waals surface area contributed by atoms with Crippen molar-refractivity contribution in [3.63, 3.8) is 0 Å². The van der Waals surface area contributed by atoms with E-state index in [1.165, 1.54) is 17.4 Å². The highest BCUT2D eigenvalue weighted by Crippen LogP contribution is 2.32. The van der Waals surface area contributed by atoms with Crippen LogP contribution in [0.2, 0.25) is 0 Å². The molecular formula is C15H14N2O4. The second-order valence-electron chi connectivity index (χ2n) is 4.98. The van der Waals surface area contributed by atoms with Gasteiger partial charge in [-0.2, -0.15) is 0 Å². The lowest BCUT2D eigenvalue weighted by Gasteiger charge is -2.32. The minimum absolute atomic E-state index is 0.297. The van der Waals surface area contributed by atoms with Crippen molar-refractivity contribution in [3.05, 3.63) is 53.2 Å². The average molecular weight is 286 g/mol. The summed E-state index contributed by atoms with van der Waals surface area (Å²) in [4.78, 5) is 29.6. The van der Waals surface area contributed by atoms with Gasteiger partial charge in [0.05, 0.1) is 6.26 Å². The molecule has 2 aromatic rings. The second kappa shape index (κ2) is 5.05. The van der Waals surface area contributed by atoms with E-state index in [0.717, 1.165) is 5.56 Å². The van der Waals surface area contributed by atoms with Crippen molar-refractivity contribution < 1.29 is 19.1 Å². The lowest BCUT2D eigenvalue weighted by Crippen LogP contribution is -2.43. The number of hydrogen-bond donors (Lipinski definition) is 1. The smallest absolute Gasteiger partial charge is 0.331 e. The van der Waals surface area contributed by atoms with Gasteiger partial charge >= 0.3 is 5.97 Å². The van der Waals surface area contributed by atoms with Crippen LogP contribution in [0, 0.1) is 6.92 Å². The van der Waals surface area contributed by atoms with Gasteiger partial charge in [0, 0.05) is 36.5 Å². The molecule has 3 rings (SSSR count). The number of rotatable bonds is 2. The van der Waals surface area contributed by atoms with Gasteiger partial charge in [0.2, 0.25) is 0 Å². The van der Waals surface area contributed by atoms with E-state index in [1.807, 2.05) is 0 Å². The second-order valence-corrected chi connectivity index (χ2v) is 4.98. The van der Waals surface area contributed by atoms with Crippen molar-refractivity contribution in [1.82, 2.24) is 9.88 Å². The van der Waals surface area contributed by atoms with Crippen molar-refractivity contribution in [2.75, 3.05) is 6.54 Å². The highest BCUT2D eigenvalue weighted by atomic mass is 16.4. The van der Waals surface area contributed by atoms with E-state index < -0.39 is 12.0 Å². The third-order valence-electron chi connectivity index (χ3n) is 3.71. The number of carbonyl (C=O) groups is 2. The first-order chi connectivity index (χ1) is 10.1. The summed E-state index contributed by atoms with van der Waals surface area (Å²) in [5, 5.41) is 9.49. The first-order valence-electron chi connectivity index (χ1n) is 6.60. The van der Waals surface area contributed by atoms with E-state index in [1.54, 1.807) is 25.3 Å². The molecule has 3 heterocycles. The molecule has 6 nitrogen and oxygen atoms in total. The Labute approximate surface area is 121 Å². The molecule has 0 saturated heterocycles. The van der Waals surface area contributed by atoms with Crippen LogP contribution in [0.5, 0.6) is 0 Å². The fraction of sp³-hybridized carbons (Fsp3) is 0.267. The summed E-state index contributed by atoms with van der Waals surface area (Å²) >= 11 is 0. The van der Waals surface area contributed by atoms with Gasteiger partial charge in [0.1, 0.15) is 5.76 Å². The lowest BCUT2D eigenvalue weighted by atomic mass is 9.98. The van der Waals surface area contributed by atoms with Crippen molar-refractivity contribution in [2.24, 2.45) is 0 Å². The number of pyridine rings is 1. The Bertz CT molecular complexity index is 707. The highest BCUT2D eigenvalue weighted by molar-refractivity contribution is 5.98. The first-order valence-corrected chi connectivity index (χ1v) is 6.60. The van der Waals surface area contributed by atoms with Crippen LogP contribution in [0.25, 0.3) is 0 Å². The molecule has 108 valence electrons. The van der Waals surface area contributed by atoms with Crippen molar-refractivity contribution in [2.45, 2.75) is 19.4 Å². The average Bonchev–Trinajstić information content (AvgIpc) is 2.94. The maximum absolute atomic E-state index is 12.7. The molecule has 1 amide bonds. The van der Waals surface area contributed by atoms with Crippen LogP contribution in [0.1, 0.15) is 33.3 Å². The van der Waals surface area contributed by atoms with Gasteiger partial charge in [-0.25, -0.2) is 4.79 Å². The van der Waals surface area contributed by atoms with Crippen molar-refractivity contribution in [3.8, 4) is 0 Å². The van der Waals surface area contributed by atoms with Gasteiger partial charge in [0.25, 0.3) is 5.91 Å². The number of carboxylic acids is 1. The number of nitrogens with zero attached hydrogens (tertiary/aromatic N) is 2. The van der Waals surface area contributed by atoms with E-state index >= 15 is 0 Å². The predicted octanol–water partition coefficient (Wildman–Crippen LogP) is 1.81. The molecule has 1 N–H and O–H groups in total. The number of hydrogen-bond acceptors (Lipinski definition) is 4. The fourth-order valence-corrected chi connectivity index (χ4v) is 2.67. The highest BCUT2D eigenvalue weighted by Gasteiger charge is 2.38. The van der Waals surface area contributed by atoms with E-state index in [-0.39, 0.29) is 5.91 Å². The van der Waals surface area contributed by atoms with E-state index in [4.69, 9.17) is 4.42 Å². The van der Waals surface area contributed by atoms with Gasteiger partial charge < -0.3 is 14.4 Å². The Hall–Kier alpha value is -2.63. The summed E-state index contributed by atoms with van der Waals surface area (Å²) in [6.07, 6.45) is 5.10. The maximum atomic E-state index is 12.7. The summed E-state index contributed by atoms with van der Waals surface area (Å²) in [6, 6.07) is 2.22. The van der Waals surface area contributed by atoms with Gasteiger partial charge in [-0.1, -0.05) is 0 Å². The maximum Gasteiger partial charge on any atom is 0.331 e. The summed E-state index contributed by atoms with van der Waals surface area (Å²) in [5.74, 6) is -0.718. The van der Waals surface area contributed by atoms with E-state index in [0.29, 0.717) is 29.9 Å². The van der Waals surface area contributed by atoms with Crippen LogP contribution < -0.4 is 0 Å². The Balaban J connectivity index is 2.00. The molecule has 1 aliphatic heterocycles. The van der Waals surface area contributed by atoms with Gasteiger partial charge in [-0.3, -0.25) is 9.78 Å². The van der Waals surface area contributed by atoms with Crippen LogP contribution in [-0.2, 0) is 11.2 Å².